The van der Waals surface area contributed by atoms with Gasteiger partial charge in [-0.15, -0.1) is 0 Å². The minimum absolute atomic E-state index is 0.0242. The Labute approximate surface area is 120 Å². The number of halogens is 1. The van der Waals surface area contributed by atoms with E-state index in [1.54, 1.807) is 12.1 Å². The van der Waals surface area contributed by atoms with Crippen molar-refractivity contribution in [2.75, 3.05) is 20.1 Å². The number of hydrogen-bond donors (Lipinski definition) is 1. The van der Waals surface area contributed by atoms with Crippen LogP contribution in [-0.2, 0) is 11.2 Å². The number of nitrogens with one attached hydrogen (secondary N) is 1. The summed E-state index contributed by atoms with van der Waals surface area (Å²) < 4.78 is 13.1. The van der Waals surface area contributed by atoms with E-state index in [0.717, 1.165) is 37.9 Å². The standard InChI is InChI=1S/C16H23FN2O/c1-12(6-7-13-4-3-5-14(17)10-13)16(20)19(2)15-8-9-18-11-15/h3-5,10,12,15,18H,6-9,11H2,1-2H3. The Morgan fingerprint density at radius 1 is 1.55 bits per heavy atom. The van der Waals surface area contributed by atoms with Crippen LogP contribution in [0.5, 0.6) is 0 Å². The molecule has 0 saturated carbocycles. The summed E-state index contributed by atoms with van der Waals surface area (Å²) in [5, 5.41) is 3.28. The zero-order valence-corrected chi connectivity index (χ0v) is 12.2. The summed E-state index contributed by atoms with van der Waals surface area (Å²) in [7, 11) is 1.89. The number of likely N-dealkylation sites (N-methyl/N-ethyl adjacent to an activating group) is 1. The lowest BCUT2D eigenvalue weighted by atomic mass is 9.99. The first kappa shape index (κ1) is 15.0. The molecular formula is C16H23FN2O. The van der Waals surface area contributed by atoms with Gasteiger partial charge in [-0.25, -0.2) is 4.39 Å². The van der Waals surface area contributed by atoms with Crippen molar-refractivity contribution >= 4 is 5.91 Å². The fourth-order valence-electron chi connectivity index (χ4n) is 2.70. The highest BCUT2D eigenvalue weighted by Crippen LogP contribution is 2.16. The van der Waals surface area contributed by atoms with Crippen molar-refractivity contribution in [3.05, 3.63) is 35.6 Å². The van der Waals surface area contributed by atoms with Crippen LogP contribution in [0.2, 0.25) is 0 Å². The van der Waals surface area contributed by atoms with Crippen LogP contribution in [0.3, 0.4) is 0 Å². The summed E-state index contributed by atoms with van der Waals surface area (Å²) in [5.41, 5.74) is 0.954. The van der Waals surface area contributed by atoms with Gasteiger partial charge in [-0.05, 0) is 43.5 Å². The topological polar surface area (TPSA) is 32.3 Å². The summed E-state index contributed by atoms with van der Waals surface area (Å²) in [6.07, 6.45) is 2.52. The van der Waals surface area contributed by atoms with Crippen molar-refractivity contribution in [1.29, 1.82) is 0 Å². The first-order valence-corrected chi connectivity index (χ1v) is 7.29. The van der Waals surface area contributed by atoms with Gasteiger partial charge in [-0.3, -0.25) is 4.79 Å². The molecule has 2 unspecified atom stereocenters. The molecule has 1 aromatic carbocycles. The average Bonchev–Trinajstić information content (AvgIpc) is 2.97. The van der Waals surface area contributed by atoms with Gasteiger partial charge >= 0.3 is 0 Å². The maximum absolute atomic E-state index is 13.1. The molecule has 0 spiro atoms. The monoisotopic (exact) mass is 278 g/mol. The molecule has 20 heavy (non-hydrogen) atoms. The highest BCUT2D eigenvalue weighted by molar-refractivity contribution is 5.78. The molecule has 1 aromatic rings. The Morgan fingerprint density at radius 2 is 2.35 bits per heavy atom. The minimum atomic E-state index is -0.212. The molecule has 1 aliphatic rings. The van der Waals surface area contributed by atoms with Crippen LogP contribution < -0.4 is 5.32 Å². The minimum Gasteiger partial charge on any atom is -0.341 e. The van der Waals surface area contributed by atoms with Crippen LogP contribution in [0.4, 0.5) is 4.39 Å². The predicted octanol–water partition coefficient (Wildman–Crippen LogP) is 2.21. The SMILES string of the molecule is CC(CCc1cccc(F)c1)C(=O)N(C)C1CCNC1. The molecule has 0 bridgehead atoms. The van der Waals surface area contributed by atoms with Gasteiger partial charge in [0.25, 0.3) is 0 Å². The van der Waals surface area contributed by atoms with E-state index in [9.17, 15) is 9.18 Å². The zero-order chi connectivity index (χ0) is 14.5. The van der Waals surface area contributed by atoms with E-state index < -0.39 is 0 Å². The van der Waals surface area contributed by atoms with Crippen LogP contribution in [0, 0.1) is 11.7 Å². The van der Waals surface area contributed by atoms with Gasteiger partial charge in [-0.2, -0.15) is 0 Å². The molecule has 0 aliphatic carbocycles. The number of hydrogen-bond acceptors (Lipinski definition) is 2. The normalized spacial score (nSPS) is 19.9. The van der Waals surface area contributed by atoms with E-state index >= 15 is 0 Å². The lowest BCUT2D eigenvalue weighted by molar-refractivity contribution is -0.135. The maximum Gasteiger partial charge on any atom is 0.225 e. The molecule has 4 heteroatoms. The van der Waals surface area contributed by atoms with Crippen molar-refractivity contribution in [2.45, 2.75) is 32.2 Å². The second-order valence-corrected chi connectivity index (χ2v) is 5.67. The van der Waals surface area contributed by atoms with Gasteiger partial charge in [0.2, 0.25) is 5.91 Å². The average molecular weight is 278 g/mol. The molecule has 2 rings (SSSR count). The Kier molecular flexibility index (Phi) is 5.12. The van der Waals surface area contributed by atoms with Gasteiger partial charge in [0.05, 0.1) is 0 Å². The third kappa shape index (κ3) is 3.79. The second-order valence-electron chi connectivity index (χ2n) is 5.67. The first-order valence-electron chi connectivity index (χ1n) is 7.29. The van der Waals surface area contributed by atoms with E-state index in [0.29, 0.717) is 6.04 Å². The predicted molar refractivity (Wildman–Crippen MR) is 77.9 cm³/mol. The summed E-state index contributed by atoms with van der Waals surface area (Å²) in [6.45, 7) is 3.83. The van der Waals surface area contributed by atoms with Gasteiger partial charge in [0.15, 0.2) is 0 Å². The third-order valence-electron chi connectivity index (χ3n) is 4.11. The fourth-order valence-corrected chi connectivity index (χ4v) is 2.70. The van der Waals surface area contributed by atoms with Crippen LogP contribution in [0.25, 0.3) is 0 Å². The molecule has 1 N–H and O–H groups in total. The third-order valence-corrected chi connectivity index (χ3v) is 4.11. The Bertz CT molecular complexity index is 458. The zero-order valence-electron chi connectivity index (χ0n) is 12.2. The summed E-state index contributed by atoms with van der Waals surface area (Å²) in [6, 6.07) is 6.93. The molecule has 1 heterocycles. The van der Waals surface area contributed by atoms with Crippen molar-refractivity contribution in [1.82, 2.24) is 10.2 Å². The molecule has 3 nitrogen and oxygen atoms in total. The lowest BCUT2D eigenvalue weighted by Gasteiger charge is -2.26. The summed E-state index contributed by atoms with van der Waals surface area (Å²) in [5.74, 6) is -0.0467. The number of benzene rings is 1. The molecule has 0 radical (unpaired) electrons. The van der Waals surface area contributed by atoms with Gasteiger partial charge in [0, 0.05) is 25.6 Å². The second kappa shape index (κ2) is 6.84. The Balaban J connectivity index is 1.84. The largest absolute Gasteiger partial charge is 0.341 e. The summed E-state index contributed by atoms with van der Waals surface area (Å²) >= 11 is 0. The summed E-state index contributed by atoms with van der Waals surface area (Å²) in [4.78, 5) is 14.2. The van der Waals surface area contributed by atoms with E-state index in [1.807, 2.05) is 24.9 Å². The van der Waals surface area contributed by atoms with E-state index in [2.05, 4.69) is 5.32 Å². The quantitative estimate of drug-likeness (QED) is 0.895. The lowest BCUT2D eigenvalue weighted by Crippen LogP contribution is -2.41. The van der Waals surface area contributed by atoms with E-state index in [-0.39, 0.29) is 17.6 Å². The molecule has 1 saturated heterocycles. The number of carbonyl (C=O) groups excluding carboxylic acids is 1. The molecule has 1 amide bonds. The highest BCUT2D eigenvalue weighted by Gasteiger charge is 2.26. The van der Waals surface area contributed by atoms with Gasteiger partial charge < -0.3 is 10.2 Å². The van der Waals surface area contributed by atoms with E-state index in [4.69, 9.17) is 0 Å². The number of amides is 1. The van der Waals surface area contributed by atoms with Crippen LogP contribution in [0.1, 0.15) is 25.3 Å². The number of nitrogens with zero attached hydrogens (tertiary/aromatic N) is 1. The van der Waals surface area contributed by atoms with Crippen molar-refractivity contribution in [3.63, 3.8) is 0 Å². The smallest absolute Gasteiger partial charge is 0.225 e. The molecule has 1 fully saturated rings. The van der Waals surface area contributed by atoms with Crippen molar-refractivity contribution < 1.29 is 9.18 Å². The Hall–Kier alpha value is -1.42. The molecule has 1 aliphatic heterocycles. The van der Waals surface area contributed by atoms with Crippen molar-refractivity contribution in [2.24, 2.45) is 5.92 Å². The maximum atomic E-state index is 13.1. The van der Waals surface area contributed by atoms with Crippen LogP contribution >= 0.6 is 0 Å². The molecular weight excluding hydrogens is 255 g/mol. The molecule has 2 atom stereocenters. The number of carbonyl (C=O) groups is 1. The number of rotatable bonds is 5. The van der Waals surface area contributed by atoms with Gasteiger partial charge in [0.1, 0.15) is 5.82 Å². The van der Waals surface area contributed by atoms with Crippen LogP contribution in [-0.4, -0.2) is 37.0 Å². The Morgan fingerprint density at radius 3 is 3.00 bits per heavy atom. The number of aryl methyl sites for hydroxylation is 1. The fraction of sp³-hybridized carbons (Fsp3) is 0.562. The van der Waals surface area contributed by atoms with E-state index in [1.165, 1.54) is 6.07 Å². The van der Waals surface area contributed by atoms with Gasteiger partial charge in [-0.1, -0.05) is 19.1 Å². The first-order chi connectivity index (χ1) is 9.58. The highest BCUT2D eigenvalue weighted by atomic mass is 19.1. The molecule has 0 aromatic heterocycles. The van der Waals surface area contributed by atoms with Crippen molar-refractivity contribution in [3.8, 4) is 0 Å². The van der Waals surface area contributed by atoms with Crippen LogP contribution in [0.15, 0.2) is 24.3 Å². The molecule has 110 valence electrons.